The van der Waals surface area contributed by atoms with Gasteiger partial charge in [-0.2, -0.15) is 0 Å². The highest BCUT2D eigenvalue weighted by molar-refractivity contribution is 6.38. The highest BCUT2D eigenvalue weighted by Gasteiger charge is 2.31. The summed E-state index contributed by atoms with van der Waals surface area (Å²) in [6.45, 7) is 1.69. The van der Waals surface area contributed by atoms with Gasteiger partial charge in [0, 0.05) is 30.9 Å². The minimum Gasteiger partial charge on any atom is -0.477 e. The lowest BCUT2D eigenvalue weighted by Gasteiger charge is -2.39. The molecule has 1 aromatic carbocycles. The molecule has 31 heavy (non-hydrogen) atoms. The van der Waals surface area contributed by atoms with Crippen LogP contribution in [0.25, 0.3) is 16.7 Å². The summed E-state index contributed by atoms with van der Waals surface area (Å²) in [6.07, 6.45) is 0.796. The molecule has 1 saturated heterocycles. The van der Waals surface area contributed by atoms with Crippen molar-refractivity contribution in [3.63, 3.8) is 0 Å². The number of aromatic nitrogens is 2. The molecule has 0 amide bonds. The largest absolute Gasteiger partial charge is 0.477 e. The molecule has 1 fully saturated rings. The van der Waals surface area contributed by atoms with E-state index >= 15 is 0 Å². The molecule has 3 heterocycles. The Balaban J connectivity index is 2.16. The number of rotatable bonds is 3. The van der Waals surface area contributed by atoms with Crippen molar-refractivity contribution in [2.75, 3.05) is 23.7 Å². The molecule has 5 N–H and O–H groups in total. The highest BCUT2D eigenvalue weighted by Crippen LogP contribution is 2.38. The summed E-state index contributed by atoms with van der Waals surface area (Å²) in [6, 6.07) is 0.616. The Kier molecular flexibility index (Phi) is 4.82. The van der Waals surface area contributed by atoms with E-state index in [1.807, 2.05) is 0 Å². The predicted octanol–water partition coefficient (Wildman–Crippen LogP) is 2.19. The molecule has 12 heteroatoms. The lowest BCUT2D eigenvalue weighted by Crippen LogP contribution is -2.56. The normalized spacial score (nSPS) is 14.2. The summed E-state index contributed by atoms with van der Waals surface area (Å²) >= 11 is 6.44. The number of carbonyl (C=O) groups is 1. The number of pyridine rings is 2. The van der Waals surface area contributed by atoms with Crippen LogP contribution in [0.5, 0.6) is 0 Å². The number of nitrogens with zero attached hydrogens (tertiary/aromatic N) is 3. The Bertz CT molecular complexity index is 1340. The van der Waals surface area contributed by atoms with Crippen molar-refractivity contribution in [1.29, 1.82) is 0 Å². The zero-order valence-electron chi connectivity index (χ0n) is 15.9. The molecule has 0 aliphatic carbocycles. The summed E-state index contributed by atoms with van der Waals surface area (Å²) in [4.78, 5) is 29.5. The second-order valence-electron chi connectivity index (χ2n) is 7.20. The summed E-state index contributed by atoms with van der Waals surface area (Å²) in [5.74, 6) is -5.99. The predicted molar refractivity (Wildman–Crippen MR) is 109 cm³/mol. The van der Waals surface area contributed by atoms with Gasteiger partial charge in [0.2, 0.25) is 5.43 Å². The Hall–Kier alpha value is -3.31. The Morgan fingerprint density at radius 3 is 2.52 bits per heavy atom. The van der Waals surface area contributed by atoms with Crippen LogP contribution < -0.4 is 21.8 Å². The van der Waals surface area contributed by atoms with Crippen molar-refractivity contribution in [2.24, 2.45) is 5.73 Å². The van der Waals surface area contributed by atoms with Crippen molar-refractivity contribution < 1.29 is 23.1 Å². The third-order valence-electron chi connectivity index (χ3n) is 5.15. The quantitative estimate of drug-likeness (QED) is 0.554. The number of carboxylic acids is 1. The van der Waals surface area contributed by atoms with Crippen LogP contribution in [-0.4, -0.2) is 39.8 Å². The minimum atomic E-state index is -1.64. The van der Waals surface area contributed by atoms with Gasteiger partial charge in [-0.3, -0.25) is 9.36 Å². The number of aromatic carboxylic acids is 1. The van der Waals surface area contributed by atoms with Crippen LogP contribution in [0.2, 0.25) is 5.02 Å². The first-order valence-corrected chi connectivity index (χ1v) is 9.33. The zero-order valence-corrected chi connectivity index (χ0v) is 16.7. The van der Waals surface area contributed by atoms with Crippen LogP contribution in [0.15, 0.2) is 17.1 Å². The SMILES string of the molecule is Cc1c(F)c(N)nc(-n2cc(C(=O)O)c(=O)c3cc(F)c(N4CC(N)C4)c(Cl)c32)c1F. The van der Waals surface area contributed by atoms with E-state index in [9.17, 15) is 27.9 Å². The lowest BCUT2D eigenvalue weighted by atomic mass is 10.1. The number of carboxylic acid groups (broad SMARTS) is 1. The van der Waals surface area contributed by atoms with Gasteiger partial charge in [0.25, 0.3) is 0 Å². The molecule has 1 aliphatic rings. The molecule has 0 spiro atoms. The molecule has 1 aliphatic heterocycles. The maximum atomic E-state index is 14.9. The number of hydrogen-bond donors (Lipinski definition) is 3. The molecule has 2 aromatic heterocycles. The smallest absolute Gasteiger partial charge is 0.341 e. The highest BCUT2D eigenvalue weighted by atomic mass is 35.5. The van der Waals surface area contributed by atoms with Crippen molar-refractivity contribution >= 4 is 40.0 Å². The van der Waals surface area contributed by atoms with Crippen LogP contribution in [0.1, 0.15) is 15.9 Å². The van der Waals surface area contributed by atoms with Crippen LogP contribution in [0.4, 0.5) is 24.7 Å². The Morgan fingerprint density at radius 2 is 1.94 bits per heavy atom. The minimum absolute atomic E-state index is 0.0840. The van der Waals surface area contributed by atoms with Gasteiger partial charge in [-0.15, -0.1) is 0 Å². The third-order valence-corrected chi connectivity index (χ3v) is 5.51. The van der Waals surface area contributed by atoms with Gasteiger partial charge in [0.15, 0.2) is 23.3 Å². The molecule has 0 bridgehead atoms. The van der Waals surface area contributed by atoms with E-state index in [0.29, 0.717) is 0 Å². The van der Waals surface area contributed by atoms with Crippen LogP contribution in [0, 0.1) is 24.4 Å². The fraction of sp³-hybridized carbons (Fsp3) is 0.211. The Morgan fingerprint density at radius 1 is 1.29 bits per heavy atom. The van der Waals surface area contributed by atoms with E-state index in [1.54, 1.807) is 0 Å². The van der Waals surface area contributed by atoms with E-state index in [2.05, 4.69) is 4.98 Å². The molecule has 0 unspecified atom stereocenters. The standard InChI is InChI=1S/C19H15ClF3N5O3/c1-6-12(22)17(25)26-18(13(6)23)28-5-9(19(30)31)16(29)8-2-10(21)15(11(20)14(8)28)27-3-7(24)4-27/h2,5,7H,3-4,24H2,1H3,(H2,25,26)(H,30,31). The van der Waals surface area contributed by atoms with Gasteiger partial charge in [-0.05, 0) is 13.0 Å². The zero-order chi connectivity index (χ0) is 22.8. The first-order chi connectivity index (χ1) is 14.5. The maximum absolute atomic E-state index is 14.9. The molecule has 8 nitrogen and oxygen atoms in total. The van der Waals surface area contributed by atoms with Gasteiger partial charge in [-0.25, -0.2) is 22.9 Å². The third kappa shape index (κ3) is 3.08. The second-order valence-corrected chi connectivity index (χ2v) is 7.58. The molecule has 0 radical (unpaired) electrons. The maximum Gasteiger partial charge on any atom is 0.341 e. The number of fused-ring (bicyclic) bond motifs is 1. The number of halogens is 4. The molecule has 4 rings (SSSR count). The van der Waals surface area contributed by atoms with Gasteiger partial charge in [0.05, 0.1) is 21.6 Å². The lowest BCUT2D eigenvalue weighted by molar-refractivity contribution is 0.0695. The van der Waals surface area contributed by atoms with Crippen molar-refractivity contribution in [1.82, 2.24) is 9.55 Å². The molecule has 3 aromatic rings. The summed E-state index contributed by atoms with van der Waals surface area (Å²) < 4.78 is 44.7. The summed E-state index contributed by atoms with van der Waals surface area (Å²) in [5.41, 5.74) is 8.70. The molecular weight excluding hydrogens is 439 g/mol. The molecule has 0 saturated carbocycles. The van der Waals surface area contributed by atoms with E-state index in [-0.39, 0.29) is 35.4 Å². The first-order valence-electron chi connectivity index (χ1n) is 8.95. The number of benzene rings is 1. The number of nitrogens with two attached hydrogens (primary N) is 2. The monoisotopic (exact) mass is 453 g/mol. The topological polar surface area (TPSA) is 127 Å². The summed E-state index contributed by atoms with van der Waals surface area (Å²) in [7, 11) is 0. The molecule has 0 atom stereocenters. The fourth-order valence-electron chi connectivity index (χ4n) is 3.54. The van der Waals surface area contributed by atoms with Crippen molar-refractivity contribution in [3.05, 3.63) is 56.1 Å². The van der Waals surface area contributed by atoms with Gasteiger partial charge in [-0.1, -0.05) is 11.6 Å². The Labute approximate surface area is 177 Å². The number of nitrogen functional groups attached to an aromatic ring is 1. The van der Waals surface area contributed by atoms with E-state index < -0.39 is 57.0 Å². The van der Waals surface area contributed by atoms with Crippen molar-refractivity contribution in [3.8, 4) is 5.82 Å². The molecule has 162 valence electrons. The number of anilines is 2. The van der Waals surface area contributed by atoms with Crippen LogP contribution in [-0.2, 0) is 0 Å². The van der Waals surface area contributed by atoms with Gasteiger partial charge in [0.1, 0.15) is 11.4 Å². The average molecular weight is 454 g/mol. The van der Waals surface area contributed by atoms with Crippen LogP contribution in [0.3, 0.4) is 0 Å². The summed E-state index contributed by atoms with van der Waals surface area (Å²) in [5, 5.41) is 8.72. The van der Waals surface area contributed by atoms with E-state index in [1.165, 1.54) is 4.90 Å². The van der Waals surface area contributed by atoms with Gasteiger partial charge < -0.3 is 21.5 Å². The first kappa shape index (κ1) is 20.9. The number of hydrogen-bond acceptors (Lipinski definition) is 6. The van der Waals surface area contributed by atoms with Crippen LogP contribution >= 0.6 is 11.6 Å². The fourth-order valence-corrected chi connectivity index (χ4v) is 3.94. The van der Waals surface area contributed by atoms with E-state index in [4.69, 9.17) is 23.1 Å². The molecular formula is C19H15ClF3N5O3. The average Bonchev–Trinajstić information content (AvgIpc) is 2.68. The van der Waals surface area contributed by atoms with Crippen molar-refractivity contribution in [2.45, 2.75) is 13.0 Å². The van der Waals surface area contributed by atoms with E-state index in [0.717, 1.165) is 23.8 Å². The van der Waals surface area contributed by atoms with Gasteiger partial charge >= 0.3 is 5.97 Å². The second kappa shape index (κ2) is 7.13.